The van der Waals surface area contributed by atoms with E-state index in [-0.39, 0.29) is 11.7 Å². The topological polar surface area (TPSA) is 32.3 Å². The molecule has 0 spiro atoms. The summed E-state index contributed by atoms with van der Waals surface area (Å²) in [5.41, 5.74) is 4.32. The van der Waals surface area contributed by atoms with Gasteiger partial charge in [0.25, 0.3) is 0 Å². The molecule has 3 nitrogen and oxygen atoms in total. The predicted molar refractivity (Wildman–Crippen MR) is 92.6 cm³/mol. The number of halogens is 1. The second-order valence-electron chi connectivity index (χ2n) is 6.66. The van der Waals surface area contributed by atoms with Crippen LogP contribution in [-0.4, -0.2) is 19.0 Å². The van der Waals surface area contributed by atoms with Crippen molar-refractivity contribution in [1.29, 1.82) is 0 Å². The maximum absolute atomic E-state index is 13.4. The average molecular weight is 324 g/mol. The molecule has 0 saturated carbocycles. The fourth-order valence-corrected chi connectivity index (χ4v) is 3.93. The Bertz CT molecular complexity index is 768. The first-order chi connectivity index (χ1) is 11.7. The Kier molecular flexibility index (Phi) is 4.07. The van der Waals surface area contributed by atoms with Gasteiger partial charge in [0.05, 0.1) is 13.0 Å². The number of benzene rings is 2. The third kappa shape index (κ3) is 2.82. The van der Waals surface area contributed by atoms with Crippen LogP contribution >= 0.6 is 0 Å². The van der Waals surface area contributed by atoms with Gasteiger partial charge in [-0.15, -0.1) is 0 Å². The summed E-state index contributed by atoms with van der Waals surface area (Å²) in [6.45, 7) is 2.50. The Morgan fingerprint density at radius 1 is 1.12 bits per heavy atom. The largest absolute Gasteiger partial charge is 0.317 e. The lowest BCUT2D eigenvalue weighted by atomic mass is 9.86. The van der Waals surface area contributed by atoms with Crippen LogP contribution in [0.4, 0.5) is 10.1 Å². The third-order valence-corrected chi connectivity index (χ3v) is 5.12. The Morgan fingerprint density at radius 3 is 2.71 bits per heavy atom. The van der Waals surface area contributed by atoms with Gasteiger partial charge in [0, 0.05) is 5.69 Å². The van der Waals surface area contributed by atoms with E-state index in [0.29, 0.717) is 18.9 Å². The first-order valence-electron chi connectivity index (χ1n) is 8.59. The van der Waals surface area contributed by atoms with Crippen LogP contribution in [0.5, 0.6) is 0 Å². The summed E-state index contributed by atoms with van der Waals surface area (Å²) in [5, 5.41) is 3.39. The van der Waals surface area contributed by atoms with Crippen LogP contribution in [0, 0.1) is 5.82 Å². The molecule has 4 heteroatoms. The number of amides is 1. The molecule has 0 bridgehead atoms. The van der Waals surface area contributed by atoms with Gasteiger partial charge in [-0.3, -0.25) is 4.79 Å². The fourth-order valence-electron chi connectivity index (χ4n) is 3.93. The lowest BCUT2D eigenvalue weighted by molar-refractivity contribution is -0.117. The van der Waals surface area contributed by atoms with E-state index in [2.05, 4.69) is 11.4 Å². The van der Waals surface area contributed by atoms with E-state index in [4.69, 9.17) is 0 Å². The van der Waals surface area contributed by atoms with Gasteiger partial charge >= 0.3 is 0 Å². The van der Waals surface area contributed by atoms with Crippen molar-refractivity contribution in [2.24, 2.45) is 0 Å². The summed E-state index contributed by atoms with van der Waals surface area (Å²) < 4.78 is 13.4. The zero-order chi connectivity index (χ0) is 16.5. The number of nitrogens with one attached hydrogen (secondary N) is 1. The number of carbonyl (C=O) groups is 1. The van der Waals surface area contributed by atoms with Crippen molar-refractivity contribution < 1.29 is 9.18 Å². The molecule has 0 aromatic heterocycles. The standard InChI is InChI=1S/C20H21FN2O/c21-16-4-1-3-14(11-16)13-23-19-6-2-5-17(18(19)12-20(23)24)15-7-9-22-10-8-15/h1-6,11,15,22H,7-10,12-13H2. The SMILES string of the molecule is O=C1Cc2c(C3CCNCC3)cccc2N1Cc1cccc(F)c1. The molecule has 1 fully saturated rings. The molecule has 2 aliphatic rings. The monoisotopic (exact) mass is 324 g/mol. The second kappa shape index (κ2) is 6.36. The number of carbonyl (C=O) groups excluding carboxylic acids is 1. The Morgan fingerprint density at radius 2 is 1.92 bits per heavy atom. The molecule has 4 rings (SSSR count). The number of hydrogen-bond acceptors (Lipinski definition) is 2. The molecule has 0 aliphatic carbocycles. The molecular weight excluding hydrogens is 303 g/mol. The molecule has 2 aromatic rings. The van der Waals surface area contributed by atoms with Crippen LogP contribution in [0.2, 0.25) is 0 Å². The van der Waals surface area contributed by atoms with Gasteiger partial charge < -0.3 is 10.2 Å². The molecular formula is C20H21FN2O. The van der Waals surface area contributed by atoms with E-state index in [9.17, 15) is 9.18 Å². The molecule has 24 heavy (non-hydrogen) atoms. The summed E-state index contributed by atoms with van der Waals surface area (Å²) in [6, 6.07) is 12.7. The van der Waals surface area contributed by atoms with Crippen molar-refractivity contribution in [3.8, 4) is 0 Å². The number of anilines is 1. The van der Waals surface area contributed by atoms with Crippen LogP contribution in [0.3, 0.4) is 0 Å². The van der Waals surface area contributed by atoms with Crippen molar-refractivity contribution in [2.75, 3.05) is 18.0 Å². The molecule has 0 atom stereocenters. The predicted octanol–water partition coefficient (Wildman–Crippen LogP) is 3.38. The molecule has 1 saturated heterocycles. The van der Waals surface area contributed by atoms with Gasteiger partial charge in [-0.2, -0.15) is 0 Å². The minimum atomic E-state index is -0.261. The number of rotatable bonds is 3. The molecule has 1 N–H and O–H groups in total. The van der Waals surface area contributed by atoms with E-state index < -0.39 is 0 Å². The molecule has 0 radical (unpaired) electrons. The molecule has 0 unspecified atom stereocenters. The summed E-state index contributed by atoms with van der Waals surface area (Å²) >= 11 is 0. The number of hydrogen-bond donors (Lipinski definition) is 1. The number of nitrogens with zero attached hydrogens (tertiary/aromatic N) is 1. The molecule has 2 heterocycles. The molecule has 2 aliphatic heterocycles. The smallest absolute Gasteiger partial charge is 0.231 e. The van der Waals surface area contributed by atoms with Crippen LogP contribution in [0.25, 0.3) is 0 Å². The lowest BCUT2D eigenvalue weighted by Crippen LogP contribution is -2.27. The Hall–Kier alpha value is -2.20. The highest BCUT2D eigenvalue weighted by Gasteiger charge is 2.31. The van der Waals surface area contributed by atoms with Gasteiger partial charge in [0.15, 0.2) is 0 Å². The minimum Gasteiger partial charge on any atom is -0.317 e. The Labute approximate surface area is 141 Å². The zero-order valence-corrected chi connectivity index (χ0v) is 13.6. The summed E-state index contributed by atoms with van der Waals surface area (Å²) in [6.07, 6.45) is 2.70. The van der Waals surface area contributed by atoms with Crippen LogP contribution in [-0.2, 0) is 17.8 Å². The van der Waals surface area contributed by atoms with Crippen LogP contribution in [0.1, 0.15) is 35.4 Å². The summed E-state index contributed by atoms with van der Waals surface area (Å²) in [4.78, 5) is 14.4. The highest BCUT2D eigenvalue weighted by Crippen LogP contribution is 2.38. The summed E-state index contributed by atoms with van der Waals surface area (Å²) in [5.74, 6) is 0.376. The minimum absolute atomic E-state index is 0.107. The van der Waals surface area contributed by atoms with E-state index in [1.54, 1.807) is 11.0 Å². The second-order valence-corrected chi connectivity index (χ2v) is 6.66. The van der Waals surface area contributed by atoms with Crippen molar-refractivity contribution in [3.63, 3.8) is 0 Å². The normalized spacial score (nSPS) is 18.0. The first kappa shape index (κ1) is 15.3. The van der Waals surface area contributed by atoms with Crippen molar-refractivity contribution in [3.05, 3.63) is 65.0 Å². The summed E-state index contributed by atoms with van der Waals surface area (Å²) in [7, 11) is 0. The maximum Gasteiger partial charge on any atom is 0.231 e. The first-order valence-corrected chi connectivity index (χ1v) is 8.59. The van der Waals surface area contributed by atoms with Gasteiger partial charge in [0.2, 0.25) is 5.91 Å². The van der Waals surface area contributed by atoms with E-state index in [1.807, 2.05) is 18.2 Å². The maximum atomic E-state index is 13.4. The van der Waals surface area contributed by atoms with Gasteiger partial charge in [0.1, 0.15) is 5.82 Å². The Balaban J connectivity index is 1.65. The van der Waals surface area contributed by atoms with Crippen molar-refractivity contribution in [1.82, 2.24) is 5.32 Å². The van der Waals surface area contributed by atoms with Gasteiger partial charge in [-0.25, -0.2) is 4.39 Å². The van der Waals surface area contributed by atoms with E-state index in [1.165, 1.54) is 23.3 Å². The molecule has 1 amide bonds. The highest BCUT2D eigenvalue weighted by atomic mass is 19.1. The zero-order valence-electron chi connectivity index (χ0n) is 13.6. The number of piperidine rings is 1. The van der Waals surface area contributed by atoms with Crippen molar-refractivity contribution >= 4 is 11.6 Å². The van der Waals surface area contributed by atoms with Crippen LogP contribution in [0.15, 0.2) is 42.5 Å². The molecule has 2 aromatic carbocycles. The van der Waals surface area contributed by atoms with Crippen molar-refractivity contribution in [2.45, 2.75) is 31.7 Å². The third-order valence-electron chi connectivity index (χ3n) is 5.12. The lowest BCUT2D eigenvalue weighted by Gasteiger charge is -2.25. The highest BCUT2D eigenvalue weighted by molar-refractivity contribution is 6.01. The number of fused-ring (bicyclic) bond motifs is 1. The van der Waals surface area contributed by atoms with Crippen LogP contribution < -0.4 is 10.2 Å². The molecule has 124 valence electrons. The fraction of sp³-hybridized carbons (Fsp3) is 0.350. The average Bonchev–Trinajstić information content (AvgIpc) is 2.91. The van der Waals surface area contributed by atoms with Gasteiger partial charge in [-0.1, -0.05) is 24.3 Å². The van der Waals surface area contributed by atoms with E-state index >= 15 is 0 Å². The van der Waals surface area contributed by atoms with Gasteiger partial charge in [-0.05, 0) is 66.7 Å². The van der Waals surface area contributed by atoms with E-state index in [0.717, 1.165) is 37.2 Å². The quantitative estimate of drug-likeness (QED) is 0.939.